The second-order valence-electron chi connectivity index (χ2n) is 5.40. The van der Waals surface area contributed by atoms with Gasteiger partial charge in [0.25, 0.3) is 0 Å². The number of piperazine rings is 1. The zero-order chi connectivity index (χ0) is 14.5. The van der Waals surface area contributed by atoms with Crippen LogP contribution >= 0.6 is 12.2 Å². The second-order valence-corrected chi connectivity index (χ2v) is 5.84. The van der Waals surface area contributed by atoms with Gasteiger partial charge in [-0.05, 0) is 26.2 Å². The van der Waals surface area contributed by atoms with Gasteiger partial charge in [0.1, 0.15) is 4.99 Å². The molecule has 1 fully saturated rings. The first kappa shape index (κ1) is 15.2. The molecule has 1 aromatic rings. The Hall–Kier alpha value is -1.24. The molecule has 1 aromatic heterocycles. The van der Waals surface area contributed by atoms with Crippen molar-refractivity contribution in [3.05, 3.63) is 24.0 Å². The van der Waals surface area contributed by atoms with E-state index in [9.17, 15) is 0 Å². The quantitative estimate of drug-likeness (QED) is 0.793. The summed E-state index contributed by atoms with van der Waals surface area (Å²) in [6, 6.07) is 4.01. The number of thiocarbonyl (C=S) groups is 1. The Bertz CT molecular complexity index is 455. The molecule has 0 atom stereocenters. The van der Waals surface area contributed by atoms with E-state index in [0.29, 0.717) is 10.7 Å². The Morgan fingerprint density at radius 3 is 2.65 bits per heavy atom. The molecule has 0 unspecified atom stereocenters. The average Bonchev–Trinajstić information content (AvgIpc) is 2.46. The van der Waals surface area contributed by atoms with Gasteiger partial charge in [-0.3, -0.25) is 9.88 Å². The number of rotatable bonds is 5. The van der Waals surface area contributed by atoms with Gasteiger partial charge < -0.3 is 15.5 Å². The van der Waals surface area contributed by atoms with Gasteiger partial charge in [-0.1, -0.05) is 12.2 Å². The number of anilines is 1. The van der Waals surface area contributed by atoms with Crippen LogP contribution < -0.4 is 10.6 Å². The number of pyridine rings is 1. The third-order valence-electron chi connectivity index (χ3n) is 3.60. The molecule has 0 saturated carbocycles. The van der Waals surface area contributed by atoms with Gasteiger partial charge in [-0.2, -0.15) is 0 Å². The van der Waals surface area contributed by atoms with Crippen LogP contribution in [0.4, 0.5) is 5.69 Å². The second kappa shape index (κ2) is 6.97. The highest BCUT2D eigenvalue weighted by Crippen LogP contribution is 2.16. The molecule has 0 aliphatic carbocycles. The molecule has 2 rings (SSSR count). The highest BCUT2D eigenvalue weighted by Gasteiger charge is 2.17. The Labute approximate surface area is 126 Å². The fourth-order valence-electron chi connectivity index (χ4n) is 2.32. The van der Waals surface area contributed by atoms with Crippen LogP contribution in [-0.2, 0) is 0 Å². The van der Waals surface area contributed by atoms with Gasteiger partial charge in [-0.25, -0.2) is 0 Å². The normalized spacial score (nSPS) is 16.6. The zero-order valence-electron chi connectivity index (χ0n) is 12.2. The van der Waals surface area contributed by atoms with Crippen LogP contribution in [0.5, 0.6) is 0 Å². The lowest BCUT2D eigenvalue weighted by Crippen LogP contribution is -2.48. The molecule has 2 heterocycles. The van der Waals surface area contributed by atoms with Gasteiger partial charge in [0.05, 0.1) is 5.69 Å². The zero-order valence-corrected chi connectivity index (χ0v) is 13.1. The van der Waals surface area contributed by atoms with Gasteiger partial charge in [0.2, 0.25) is 0 Å². The SMILES string of the molecule is CN(C)CCN1CCN(c2ccnc(C(N)=S)c2)CC1. The van der Waals surface area contributed by atoms with E-state index in [4.69, 9.17) is 18.0 Å². The Balaban J connectivity index is 1.90. The first-order chi connectivity index (χ1) is 9.56. The summed E-state index contributed by atoms with van der Waals surface area (Å²) >= 11 is 4.98. The van der Waals surface area contributed by atoms with Crippen LogP contribution in [0.25, 0.3) is 0 Å². The maximum atomic E-state index is 5.64. The molecule has 0 aromatic carbocycles. The van der Waals surface area contributed by atoms with Crippen LogP contribution in [0.15, 0.2) is 18.3 Å². The van der Waals surface area contributed by atoms with Crippen molar-refractivity contribution in [2.75, 3.05) is 58.3 Å². The van der Waals surface area contributed by atoms with Crippen molar-refractivity contribution in [1.82, 2.24) is 14.8 Å². The number of hydrogen-bond acceptors (Lipinski definition) is 5. The summed E-state index contributed by atoms with van der Waals surface area (Å²) in [4.78, 5) is 11.6. The smallest absolute Gasteiger partial charge is 0.122 e. The number of nitrogens with zero attached hydrogens (tertiary/aromatic N) is 4. The molecule has 20 heavy (non-hydrogen) atoms. The molecule has 2 N–H and O–H groups in total. The third-order valence-corrected chi connectivity index (χ3v) is 3.81. The lowest BCUT2D eigenvalue weighted by molar-refractivity contribution is 0.229. The Kier molecular flexibility index (Phi) is 5.28. The van der Waals surface area contributed by atoms with Gasteiger partial charge in [0.15, 0.2) is 0 Å². The van der Waals surface area contributed by atoms with E-state index in [1.807, 2.05) is 12.1 Å². The van der Waals surface area contributed by atoms with Gasteiger partial charge in [-0.15, -0.1) is 0 Å². The van der Waals surface area contributed by atoms with Crippen LogP contribution in [0, 0.1) is 0 Å². The predicted molar refractivity (Wildman–Crippen MR) is 87.3 cm³/mol. The molecule has 6 heteroatoms. The van der Waals surface area contributed by atoms with Crippen molar-refractivity contribution >= 4 is 22.9 Å². The minimum Gasteiger partial charge on any atom is -0.388 e. The van der Waals surface area contributed by atoms with Crippen molar-refractivity contribution < 1.29 is 0 Å². The van der Waals surface area contributed by atoms with E-state index >= 15 is 0 Å². The van der Waals surface area contributed by atoms with Crippen LogP contribution in [0.1, 0.15) is 5.69 Å². The molecule has 5 nitrogen and oxygen atoms in total. The highest BCUT2D eigenvalue weighted by atomic mass is 32.1. The van der Waals surface area contributed by atoms with Gasteiger partial charge in [0, 0.05) is 51.2 Å². The molecule has 1 aliphatic heterocycles. The fourth-order valence-corrected chi connectivity index (χ4v) is 2.43. The number of likely N-dealkylation sites (N-methyl/N-ethyl adjacent to an activating group) is 1. The van der Waals surface area contributed by atoms with Crippen molar-refractivity contribution in [2.24, 2.45) is 5.73 Å². The summed E-state index contributed by atoms with van der Waals surface area (Å²) in [6.07, 6.45) is 1.78. The molecular weight excluding hydrogens is 270 g/mol. The number of hydrogen-bond donors (Lipinski definition) is 1. The van der Waals surface area contributed by atoms with E-state index in [-0.39, 0.29) is 0 Å². The first-order valence-corrected chi connectivity index (χ1v) is 7.35. The van der Waals surface area contributed by atoms with E-state index in [0.717, 1.165) is 45.0 Å². The van der Waals surface area contributed by atoms with E-state index < -0.39 is 0 Å². The lowest BCUT2D eigenvalue weighted by Gasteiger charge is -2.36. The molecular formula is C14H23N5S. The molecule has 1 aliphatic rings. The number of aromatic nitrogens is 1. The van der Waals surface area contributed by atoms with Crippen LogP contribution in [0.3, 0.4) is 0 Å². The molecule has 110 valence electrons. The topological polar surface area (TPSA) is 48.6 Å². The fraction of sp³-hybridized carbons (Fsp3) is 0.571. The minimum absolute atomic E-state index is 0.358. The maximum Gasteiger partial charge on any atom is 0.122 e. The lowest BCUT2D eigenvalue weighted by atomic mass is 10.2. The summed E-state index contributed by atoms with van der Waals surface area (Å²) in [5, 5.41) is 0. The van der Waals surface area contributed by atoms with E-state index in [2.05, 4.69) is 33.8 Å². The minimum atomic E-state index is 0.358. The van der Waals surface area contributed by atoms with Crippen molar-refractivity contribution in [1.29, 1.82) is 0 Å². The molecule has 0 amide bonds. The third kappa shape index (κ3) is 4.13. The van der Waals surface area contributed by atoms with Gasteiger partial charge >= 0.3 is 0 Å². The van der Waals surface area contributed by atoms with E-state index in [1.54, 1.807) is 6.20 Å². The molecule has 0 radical (unpaired) electrons. The predicted octanol–water partition coefficient (Wildman–Crippen LogP) is 0.399. The molecule has 0 bridgehead atoms. The average molecular weight is 293 g/mol. The van der Waals surface area contributed by atoms with Crippen molar-refractivity contribution in [3.63, 3.8) is 0 Å². The standard InChI is InChI=1S/C14H23N5S/c1-17(2)5-6-18-7-9-19(10-8-18)12-3-4-16-13(11-12)14(15)20/h3-4,11H,5-10H2,1-2H3,(H2,15,20). The summed E-state index contributed by atoms with van der Waals surface area (Å²) in [5.74, 6) is 0. The maximum absolute atomic E-state index is 5.64. The molecule has 0 spiro atoms. The summed E-state index contributed by atoms with van der Waals surface area (Å²) < 4.78 is 0. The Morgan fingerprint density at radius 1 is 1.35 bits per heavy atom. The number of nitrogens with two attached hydrogens (primary N) is 1. The summed E-state index contributed by atoms with van der Waals surface area (Å²) in [6.45, 7) is 6.51. The first-order valence-electron chi connectivity index (χ1n) is 6.94. The van der Waals surface area contributed by atoms with E-state index in [1.165, 1.54) is 0 Å². The summed E-state index contributed by atoms with van der Waals surface area (Å²) in [7, 11) is 4.23. The monoisotopic (exact) mass is 293 g/mol. The highest BCUT2D eigenvalue weighted by molar-refractivity contribution is 7.80. The van der Waals surface area contributed by atoms with Crippen molar-refractivity contribution in [3.8, 4) is 0 Å². The Morgan fingerprint density at radius 2 is 2.05 bits per heavy atom. The summed E-state index contributed by atoms with van der Waals surface area (Å²) in [5.41, 5.74) is 7.50. The molecule has 1 saturated heterocycles. The van der Waals surface area contributed by atoms with Crippen molar-refractivity contribution in [2.45, 2.75) is 0 Å². The van der Waals surface area contributed by atoms with Crippen LogP contribution in [-0.4, -0.2) is 73.1 Å². The largest absolute Gasteiger partial charge is 0.388 e. The van der Waals surface area contributed by atoms with Crippen LogP contribution in [0.2, 0.25) is 0 Å².